The van der Waals surface area contributed by atoms with Gasteiger partial charge in [0.2, 0.25) is 0 Å². The summed E-state index contributed by atoms with van der Waals surface area (Å²) in [7, 11) is 0. The minimum Gasteiger partial charge on any atom is -0.383 e. The highest BCUT2D eigenvalue weighted by Crippen LogP contribution is 2.30. The van der Waals surface area contributed by atoms with Gasteiger partial charge in [-0.1, -0.05) is 0 Å². The first kappa shape index (κ1) is 16.0. The number of nitrogens with zero attached hydrogens (tertiary/aromatic N) is 3. The molecule has 0 unspecified atom stereocenters. The molecule has 1 aromatic carbocycles. The van der Waals surface area contributed by atoms with Crippen molar-refractivity contribution in [3.05, 3.63) is 56.2 Å². The van der Waals surface area contributed by atoms with Crippen molar-refractivity contribution in [2.75, 3.05) is 11.9 Å². The lowest BCUT2D eigenvalue weighted by atomic mass is 10.0. The molecule has 3 aromatic rings. The number of anilines is 1. The molecular formula is C18H18N4O2S. The van der Waals surface area contributed by atoms with E-state index in [2.05, 4.69) is 10.3 Å². The zero-order valence-corrected chi connectivity index (χ0v) is 14.5. The van der Waals surface area contributed by atoms with E-state index >= 15 is 0 Å². The lowest BCUT2D eigenvalue weighted by Gasteiger charge is -2.08. The van der Waals surface area contributed by atoms with Crippen LogP contribution in [0.4, 0.5) is 11.4 Å². The Kier molecular flexibility index (Phi) is 4.31. The molecule has 0 amide bonds. The van der Waals surface area contributed by atoms with Gasteiger partial charge in [0.1, 0.15) is 5.52 Å². The van der Waals surface area contributed by atoms with Crippen LogP contribution in [0.15, 0.2) is 30.5 Å². The number of nitro groups is 1. The summed E-state index contributed by atoms with van der Waals surface area (Å²) in [5, 5.41) is 16.3. The third kappa shape index (κ3) is 3.19. The van der Waals surface area contributed by atoms with Crippen LogP contribution in [0.3, 0.4) is 0 Å². The maximum absolute atomic E-state index is 11.2. The Morgan fingerprint density at radius 3 is 2.96 bits per heavy atom. The molecule has 25 heavy (non-hydrogen) atoms. The summed E-state index contributed by atoms with van der Waals surface area (Å²) >= 11 is 1.82. The van der Waals surface area contributed by atoms with E-state index in [-0.39, 0.29) is 10.6 Å². The summed E-state index contributed by atoms with van der Waals surface area (Å²) in [5.41, 5.74) is 2.83. The van der Waals surface area contributed by atoms with E-state index < -0.39 is 0 Å². The van der Waals surface area contributed by atoms with Crippen molar-refractivity contribution in [3.63, 3.8) is 0 Å². The number of rotatable bonds is 5. The Morgan fingerprint density at radius 1 is 1.24 bits per heavy atom. The monoisotopic (exact) mass is 354 g/mol. The highest BCUT2D eigenvalue weighted by Gasteiger charge is 2.16. The van der Waals surface area contributed by atoms with Gasteiger partial charge in [-0.05, 0) is 43.9 Å². The van der Waals surface area contributed by atoms with Crippen molar-refractivity contribution < 1.29 is 4.92 Å². The summed E-state index contributed by atoms with van der Waals surface area (Å²) in [6.07, 6.45) is 7.30. The van der Waals surface area contributed by atoms with E-state index in [1.807, 2.05) is 11.3 Å². The molecule has 0 radical (unpaired) electrons. The third-order valence-corrected chi connectivity index (χ3v) is 5.70. The molecule has 0 aliphatic heterocycles. The minimum absolute atomic E-state index is 0.0845. The zero-order valence-electron chi connectivity index (χ0n) is 13.7. The summed E-state index contributed by atoms with van der Waals surface area (Å²) in [4.78, 5) is 21.3. The maximum atomic E-state index is 11.2. The van der Waals surface area contributed by atoms with E-state index in [1.165, 1.54) is 34.5 Å². The number of nitro benzene ring substituents is 1. The molecule has 2 heterocycles. The van der Waals surface area contributed by atoms with Crippen molar-refractivity contribution in [1.29, 1.82) is 0 Å². The van der Waals surface area contributed by atoms with E-state index in [0.29, 0.717) is 10.9 Å². The molecular weight excluding hydrogens is 336 g/mol. The predicted octanol–water partition coefficient (Wildman–Crippen LogP) is 4.13. The molecule has 0 atom stereocenters. The first-order valence-electron chi connectivity index (χ1n) is 8.46. The Bertz CT molecular complexity index is 914. The second kappa shape index (κ2) is 6.76. The molecule has 1 aliphatic rings. The van der Waals surface area contributed by atoms with Crippen LogP contribution in [0.1, 0.15) is 28.4 Å². The quantitative estimate of drug-likeness (QED) is 0.550. The minimum atomic E-state index is -0.367. The van der Waals surface area contributed by atoms with Crippen LogP contribution in [-0.4, -0.2) is 21.4 Å². The van der Waals surface area contributed by atoms with Crippen LogP contribution in [0, 0.1) is 10.1 Å². The van der Waals surface area contributed by atoms with Crippen LogP contribution in [0.5, 0.6) is 0 Å². The number of pyridine rings is 1. The number of fused-ring (bicyclic) bond motifs is 2. The van der Waals surface area contributed by atoms with Crippen molar-refractivity contribution >= 4 is 33.6 Å². The van der Waals surface area contributed by atoms with E-state index in [4.69, 9.17) is 4.98 Å². The number of hydrogen-bond acceptors (Lipinski definition) is 6. The second-order valence-corrected chi connectivity index (χ2v) is 7.32. The van der Waals surface area contributed by atoms with Gasteiger partial charge in [0.15, 0.2) is 0 Å². The standard InChI is InChI=1S/C18H18N4O2S/c23-22(24)15-8-7-14(18-12(15)4-3-10-20-18)19-11-9-17-21-13-5-1-2-6-16(13)25-17/h3-4,7-8,10,19H,1-2,5-6,9,11H2. The Balaban J connectivity index is 1.50. The average Bonchev–Trinajstić information content (AvgIpc) is 3.04. The largest absolute Gasteiger partial charge is 0.383 e. The molecule has 0 saturated carbocycles. The molecule has 0 fully saturated rings. The number of non-ortho nitro benzene ring substituents is 1. The van der Waals surface area contributed by atoms with Crippen molar-refractivity contribution in [2.24, 2.45) is 0 Å². The first-order valence-corrected chi connectivity index (χ1v) is 9.27. The molecule has 0 bridgehead atoms. The van der Waals surface area contributed by atoms with Gasteiger partial charge in [0.05, 0.1) is 26.7 Å². The normalized spacial score (nSPS) is 13.6. The van der Waals surface area contributed by atoms with E-state index in [9.17, 15) is 10.1 Å². The fraction of sp³-hybridized carbons (Fsp3) is 0.333. The Hall–Kier alpha value is -2.54. The fourth-order valence-electron chi connectivity index (χ4n) is 3.28. The molecule has 0 saturated heterocycles. The smallest absolute Gasteiger partial charge is 0.278 e. The summed E-state index contributed by atoms with van der Waals surface area (Å²) in [6, 6.07) is 6.73. The highest BCUT2D eigenvalue weighted by atomic mass is 32.1. The van der Waals surface area contributed by atoms with Gasteiger partial charge in [0, 0.05) is 30.1 Å². The molecule has 128 valence electrons. The SMILES string of the molecule is O=[N+]([O-])c1ccc(NCCc2nc3c(s2)CCCC3)c2ncccc12. The number of aryl methyl sites for hydroxylation is 2. The third-order valence-electron chi connectivity index (χ3n) is 4.49. The van der Waals surface area contributed by atoms with Gasteiger partial charge in [-0.25, -0.2) is 4.98 Å². The van der Waals surface area contributed by atoms with Gasteiger partial charge in [0.25, 0.3) is 5.69 Å². The summed E-state index contributed by atoms with van der Waals surface area (Å²) in [5.74, 6) is 0. The summed E-state index contributed by atoms with van der Waals surface area (Å²) < 4.78 is 0. The average molecular weight is 354 g/mol. The maximum Gasteiger partial charge on any atom is 0.278 e. The van der Waals surface area contributed by atoms with Crippen molar-refractivity contribution in [3.8, 4) is 0 Å². The van der Waals surface area contributed by atoms with Gasteiger partial charge in [-0.15, -0.1) is 11.3 Å². The van der Waals surface area contributed by atoms with E-state index in [0.717, 1.165) is 31.5 Å². The van der Waals surface area contributed by atoms with Crippen molar-refractivity contribution in [2.45, 2.75) is 32.1 Å². The van der Waals surface area contributed by atoms with Crippen LogP contribution in [0.2, 0.25) is 0 Å². The zero-order chi connectivity index (χ0) is 17.2. The number of nitrogens with one attached hydrogen (secondary N) is 1. The first-order chi connectivity index (χ1) is 12.2. The Labute approximate surface area is 149 Å². The van der Waals surface area contributed by atoms with Crippen LogP contribution in [-0.2, 0) is 19.3 Å². The number of aromatic nitrogens is 2. The van der Waals surface area contributed by atoms with Crippen LogP contribution < -0.4 is 5.32 Å². The summed E-state index contributed by atoms with van der Waals surface area (Å²) in [6.45, 7) is 0.732. The van der Waals surface area contributed by atoms with Crippen LogP contribution in [0.25, 0.3) is 10.9 Å². The topological polar surface area (TPSA) is 81.0 Å². The molecule has 2 aromatic heterocycles. The van der Waals surface area contributed by atoms with Gasteiger partial charge >= 0.3 is 0 Å². The Morgan fingerprint density at radius 2 is 2.12 bits per heavy atom. The molecule has 4 rings (SSSR count). The molecule has 6 nitrogen and oxygen atoms in total. The molecule has 7 heteroatoms. The van der Waals surface area contributed by atoms with E-state index in [1.54, 1.807) is 24.4 Å². The lowest BCUT2D eigenvalue weighted by Crippen LogP contribution is -2.06. The van der Waals surface area contributed by atoms with Gasteiger partial charge in [-0.2, -0.15) is 0 Å². The van der Waals surface area contributed by atoms with Crippen molar-refractivity contribution in [1.82, 2.24) is 9.97 Å². The predicted molar refractivity (Wildman–Crippen MR) is 99.3 cm³/mol. The molecule has 1 aliphatic carbocycles. The number of thiazole rings is 1. The number of benzene rings is 1. The number of hydrogen-bond donors (Lipinski definition) is 1. The fourth-order valence-corrected chi connectivity index (χ4v) is 4.43. The van der Waals surface area contributed by atoms with Crippen LogP contribution >= 0.6 is 11.3 Å². The lowest BCUT2D eigenvalue weighted by molar-refractivity contribution is -0.383. The van der Waals surface area contributed by atoms with Gasteiger partial charge in [-0.3, -0.25) is 15.1 Å². The molecule has 0 spiro atoms. The van der Waals surface area contributed by atoms with Gasteiger partial charge < -0.3 is 5.32 Å². The highest BCUT2D eigenvalue weighted by molar-refractivity contribution is 7.11. The molecule has 1 N–H and O–H groups in total. The second-order valence-electron chi connectivity index (χ2n) is 6.15.